The molecule has 1 atom stereocenters. The normalized spacial score (nSPS) is 11.8. The quantitative estimate of drug-likeness (QED) is 0.437. The van der Waals surface area contributed by atoms with E-state index in [4.69, 9.17) is 4.74 Å². The predicted octanol–water partition coefficient (Wildman–Crippen LogP) is 3.91. The zero-order chi connectivity index (χ0) is 20.9. The summed E-state index contributed by atoms with van der Waals surface area (Å²) >= 11 is 2.66. The second-order valence-electron chi connectivity index (χ2n) is 6.23. The van der Waals surface area contributed by atoms with Gasteiger partial charge in [0.2, 0.25) is 11.1 Å². The van der Waals surface area contributed by atoms with Crippen LogP contribution in [-0.4, -0.2) is 43.5 Å². The summed E-state index contributed by atoms with van der Waals surface area (Å²) in [6.07, 6.45) is 0. The number of thioether (sulfide) groups is 1. The largest absolute Gasteiger partial charge is 0.497 e. The van der Waals surface area contributed by atoms with E-state index in [1.54, 1.807) is 18.7 Å². The van der Waals surface area contributed by atoms with Gasteiger partial charge in [-0.1, -0.05) is 42.1 Å². The molecule has 2 heterocycles. The van der Waals surface area contributed by atoms with E-state index in [2.05, 4.69) is 25.8 Å². The average Bonchev–Trinajstić information content (AvgIpc) is 3.44. The van der Waals surface area contributed by atoms with Gasteiger partial charge in [0.25, 0.3) is 0 Å². The highest BCUT2D eigenvalue weighted by Gasteiger charge is 2.20. The van der Waals surface area contributed by atoms with Crippen LogP contribution in [-0.2, 0) is 4.79 Å². The summed E-state index contributed by atoms with van der Waals surface area (Å²) in [4.78, 5) is 17.2. The van der Waals surface area contributed by atoms with Crippen LogP contribution in [0.15, 0.2) is 65.1 Å². The Morgan fingerprint density at radius 2 is 2.03 bits per heavy atom. The fourth-order valence-corrected chi connectivity index (χ4v) is 4.18. The second kappa shape index (κ2) is 9.06. The summed E-state index contributed by atoms with van der Waals surface area (Å²) in [6.45, 7) is 1.81. The third-order valence-electron chi connectivity index (χ3n) is 4.19. The smallest absolute Gasteiger partial charge is 0.239 e. The number of hydrogen-bond donors (Lipinski definition) is 1. The van der Waals surface area contributed by atoms with Gasteiger partial charge in [0.1, 0.15) is 5.75 Å². The molecule has 0 spiro atoms. The van der Waals surface area contributed by atoms with Crippen LogP contribution < -0.4 is 10.1 Å². The van der Waals surface area contributed by atoms with Crippen molar-refractivity contribution in [1.82, 2.24) is 25.2 Å². The number of nitrogens with one attached hydrogen (secondary N) is 1. The van der Waals surface area contributed by atoms with Crippen molar-refractivity contribution in [2.45, 2.75) is 17.3 Å². The Balaban J connectivity index is 1.43. The Kier molecular flexibility index (Phi) is 6.05. The number of ether oxygens (including phenoxy) is 1. The van der Waals surface area contributed by atoms with Crippen LogP contribution in [0.4, 0.5) is 5.13 Å². The maximum atomic E-state index is 12.7. The fraction of sp³-hybridized carbons (Fsp3) is 0.150. The highest BCUT2D eigenvalue weighted by atomic mass is 32.2. The number of rotatable bonds is 7. The molecule has 0 aliphatic heterocycles. The topological polar surface area (TPSA) is 94.8 Å². The summed E-state index contributed by atoms with van der Waals surface area (Å²) in [6, 6.07) is 17.2. The lowest BCUT2D eigenvalue weighted by Crippen LogP contribution is -2.22. The van der Waals surface area contributed by atoms with Crippen molar-refractivity contribution in [3.8, 4) is 22.7 Å². The van der Waals surface area contributed by atoms with Crippen LogP contribution >= 0.6 is 23.1 Å². The number of benzene rings is 2. The molecular weight excluding hydrogens is 420 g/mol. The predicted molar refractivity (Wildman–Crippen MR) is 117 cm³/mol. The third kappa shape index (κ3) is 4.50. The molecule has 8 nitrogen and oxygen atoms in total. The van der Waals surface area contributed by atoms with Crippen LogP contribution in [0.1, 0.15) is 6.92 Å². The van der Waals surface area contributed by atoms with Gasteiger partial charge < -0.3 is 10.1 Å². The maximum absolute atomic E-state index is 12.7. The summed E-state index contributed by atoms with van der Waals surface area (Å²) in [5.74, 6) is 0.585. The van der Waals surface area contributed by atoms with Crippen LogP contribution in [0, 0.1) is 0 Å². The standard InChI is InChI=1S/C20H18N6O2S2/c1-13(30-20-23-24-25-26(20)15-8-4-3-5-9-15)18(27)22-19-21-17(12-29-19)14-7-6-10-16(11-14)28-2/h3-13H,1-2H3,(H,21,22,27). The first-order valence-electron chi connectivity index (χ1n) is 9.05. The van der Waals surface area contributed by atoms with Crippen molar-refractivity contribution in [2.75, 3.05) is 12.4 Å². The number of carbonyl (C=O) groups is 1. The van der Waals surface area contributed by atoms with E-state index in [9.17, 15) is 4.79 Å². The van der Waals surface area contributed by atoms with Crippen LogP contribution in [0.25, 0.3) is 16.9 Å². The Morgan fingerprint density at radius 3 is 2.83 bits per heavy atom. The minimum Gasteiger partial charge on any atom is -0.497 e. The molecule has 152 valence electrons. The number of hydrogen-bond acceptors (Lipinski definition) is 8. The molecule has 0 fully saturated rings. The monoisotopic (exact) mass is 438 g/mol. The molecule has 0 saturated heterocycles. The maximum Gasteiger partial charge on any atom is 0.239 e. The van der Waals surface area contributed by atoms with Crippen molar-refractivity contribution in [3.63, 3.8) is 0 Å². The van der Waals surface area contributed by atoms with Gasteiger partial charge >= 0.3 is 0 Å². The van der Waals surface area contributed by atoms with Gasteiger partial charge in [-0.05, 0) is 41.6 Å². The van der Waals surface area contributed by atoms with Crippen LogP contribution in [0.5, 0.6) is 5.75 Å². The first-order chi connectivity index (χ1) is 14.6. The Hall–Kier alpha value is -3.24. The molecule has 0 radical (unpaired) electrons. The molecule has 4 aromatic rings. The van der Waals surface area contributed by atoms with E-state index < -0.39 is 5.25 Å². The molecule has 0 saturated carbocycles. The van der Waals surface area contributed by atoms with Gasteiger partial charge in [0.05, 0.1) is 23.7 Å². The number of amides is 1. The summed E-state index contributed by atoms with van der Waals surface area (Å²) in [7, 11) is 1.62. The first kappa shape index (κ1) is 20.0. The van der Waals surface area contributed by atoms with Crippen molar-refractivity contribution >= 4 is 34.1 Å². The molecule has 1 unspecified atom stereocenters. The van der Waals surface area contributed by atoms with Crippen molar-refractivity contribution < 1.29 is 9.53 Å². The van der Waals surface area contributed by atoms with Gasteiger partial charge in [0, 0.05) is 10.9 Å². The number of tetrazole rings is 1. The average molecular weight is 439 g/mol. The molecule has 2 aromatic carbocycles. The lowest BCUT2D eigenvalue weighted by molar-refractivity contribution is -0.115. The third-order valence-corrected chi connectivity index (χ3v) is 5.98. The zero-order valence-electron chi connectivity index (χ0n) is 16.2. The van der Waals surface area contributed by atoms with E-state index in [0.717, 1.165) is 22.7 Å². The van der Waals surface area contributed by atoms with E-state index in [-0.39, 0.29) is 5.91 Å². The highest BCUT2D eigenvalue weighted by molar-refractivity contribution is 8.00. The number of thiazole rings is 1. The molecule has 0 aliphatic carbocycles. The molecule has 30 heavy (non-hydrogen) atoms. The Labute approximate surface area is 181 Å². The lowest BCUT2D eigenvalue weighted by atomic mass is 10.2. The number of nitrogens with zero attached hydrogens (tertiary/aromatic N) is 5. The first-order valence-corrected chi connectivity index (χ1v) is 10.8. The number of aromatic nitrogens is 5. The lowest BCUT2D eigenvalue weighted by Gasteiger charge is -2.10. The highest BCUT2D eigenvalue weighted by Crippen LogP contribution is 2.29. The summed E-state index contributed by atoms with van der Waals surface area (Å²) in [5.41, 5.74) is 2.54. The van der Waals surface area contributed by atoms with Gasteiger partial charge in [-0.2, -0.15) is 4.68 Å². The van der Waals surface area contributed by atoms with E-state index >= 15 is 0 Å². The fourth-order valence-electron chi connectivity index (χ4n) is 2.65. The van der Waals surface area contributed by atoms with Gasteiger partial charge in [0.15, 0.2) is 5.13 Å². The SMILES string of the molecule is COc1cccc(-c2csc(NC(=O)C(C)Sc3nnnn3-c3ccccc3)n2)c1. The summed E-state index contributed by atoms with van der Waals surface area (Å²) < 4.78 is 6.87. The minimum absolute atomic E-state index is 0.172. The molecule has 4 rings (SSSR count). The number of para-hydroxylation sites is 1. The molecule has 1 N–H and O–H groups in total. The number of anilines is 1. The Bertz CT molecular complexity index is 1140. The van der Waals surface area contributed by atoms with Gasteiger partial charge in [-0.15, -0.1) is 16.4 Å². The van der Waals surface area contributed by atoms with E-state index in [0.29, 0.717) is 10.3 Å². The Morgan fingerprint density at radius 1 is 1.20 bits per heavy atom. The number of methoxy groups -OCH3 is 1. The number of carbonyl (C=O) groups excluding carboxylic acids is 1. The molecule has 10 heteroatoms. The van der Waals surface area contributed by atoms with Crippen molar-refractivity contribution in [2.24, 2.45) is 0 Å². The molecule has 2 aromatic heterocycles. The van der Waals surface area contributed by atoms with Crippen LogP contribution in [0.3, 0.4) is 0 Å². The van der Waals surface area contributed by atoms with Gasteiger partial charge in [-0.3, -0.25) is 4.79 Å². The van der Waals surface area contributed by atoms with Crippen molar-refractivity contribution in [1.29, 1.82) is 0 Å². The van der Waals surface area contributed by atoms with Gasteiger partial charge in [-0.25, -0.2) is 4.98 Å². The zero-order valence-corrected chi connectivity index (χ0v) is 17.9. The molecule has 1 amide bonds. The minimum atomic E-state index is -0.414. The molecular formula is C20H18N6O2S2. The van der Waals surface area contributed by atoms with Crippen LogP contribution in [0.2, 0.25) is 0 Å². The van der Waals surface area contributed by atoms with E-state index in [1.165, 1.54) is 23.1 Å². The summed E-state index contributed by atoms with van der Waals surface area (Å²) in [5, 5.41) is 17.2. The second-order valence-corrected chi connectivity index (χ2v) is 8.39. The van der Waals surface area contributed by atoms with E-state index in [1.807, 2.05) is 60.0 Å². The van der Waals surface area contributed by atoms with Crippen molar-refractivity contribution in [3.05, 3.63) is 60.0 Å². The molecule has 0 aliphatic rings. The molecule has 0 bridgehead atoms.